The summed E-state index contributed by atoms with van der Waals surface area (Å²) in [6, 6.07) is 14.9. The quantitative estimate of drug-likeness (QED) is 0.563. The van der Waals surface area contributed by atoms with Gasteiger partial charge in [-0.2, -0.15) is 5.10 Å². The SMILES string of the molecule is Cn1cc(-c2ccc(-c3cnc4cccc(N5CCOCC5)n34)cc2)cn1. The highest BCUT2D eigenvalue weighted by Crippen LogP contribution is 2.29. The Morgan fingerprint density at radius 3 is 2.41 bits per heavy atom. The molecule has 0 unspecified atom stereocenters. The van der Waals surface area contributed by atoms with Crippen molar-refractivity contribution in [3.63, 3.8) is 0 Å². The number of morpholine rings is 1. The van der Waals surface area contributed by atoms with Crippen molar-refractivity contribution < 1.29 is 4.74 Å². The van der Waals surface area contributed by atoms with Crippen LogP contribution in [0, 0.1) is 0 Å². The van der Waals surface area contributed by atoms with Crippen LogP contribution in [0.1, 0.15) is 0 Å². The molecule has 4 aromatic rings. The largest absolute Gasteiger partial charge is 0.378 e. The minimum absolute atomic E-state index is 0.764. The first-order valence-electron chi connectivity index (χ1n) is 9.18. The van der Waals surface area contributed by atoms with Gasteiger partial charge in [-0.25, -0.2) is 4.98 Å². The maximum absolute atomic E-state index is 5.51. The van der Waals surface area contributed by atoms with Crippen LogP contribution in [-0.4, -0.2) is 45.5 Å². The number of fused-ring (bicyclic) bond motifs is 1. The predicted octanol–water partition coefficient (Wildman–Crippen LogP) is 3.24. The van der Waals surface area contributed by atoms with Gasteiger partial charge in [0, 0.05) is 37.5 Å². The van der Waals surface area contributed by atoms with E-state index in [-0.39, 0.29) is 0 Å². The van der Waals surface area contributed by atoms with Crippen LogP contribution in [-0.2, 0) is 11.8 Å². The lowest BCUT2D eigenvalue weighted by molar-refractivity contribution is 0.122. The van der Waals surface area contributed by atoms with Gasteiger partial charge in [-0.15, -0.1) is 0 Å². The minimum atomic E-state index is 0.764. The summed E-state index contributed by atoms with van der Waals surface area (Å²) in [4.78, 5) is 6.99. The standard InChI is InChI=1S/C21H21N5O/c1-24-15-18(13-23-24)16-5-7-17(8-6-16)19-14-22-20-3-2-4-21(26(19)20)25-9-11-27-12-10-25/h2-8,13-15H,9-12H2,1H3. The van der Waals surface area contributed by atoms with Gasteiger partial charge in [0.1, 0.15) is 11.5 Å². The number of ether oxygens (including phenoxy) is 1. The zero-order chi connectivity index (χ0) is 18.2. The Hall–Kier alpha value is -3.12. The molecule has 1 aliphatic heterocycles. The number of pyridine rings is 1. The number of hydrogen-bond donors (Lipinski definition) is 0. The number of aromatic nitrogens is 4. The Kier molecular flexibility index (Phi) is 3.90. The highest BCUT2D eigenvalue weighted by molar-refractivity contribution is 5.71. The summed E-state index contributed by atoms with van der Waals surface area (Å²) >= 11 is 0. The van der Waals surface area contributed by atoms with E-state index in [0.717, 1.165) is 54.3 Å². The van der Waals surface area contributed by atoms with Gasteiger partial charge >= 0.3 is 0 Å². The molecule has 1 aliphatic rings. The van der Waals surface area contributed by atoms with Gasteiger partial charge in [0.25, 0.3) is 0 Å². The number of anilines is 1. The fraction of sp³-hybridized carbons (Fsp3) is 0.238. The molecule has 5 rings (SSSR count). The number of benzene rings is 1. The third-order valence-corrected chi connectivity index (χ3v) is 5.06. The molecular weight excluding hydrogens is 338 g/mol. The fourth-order valence-electron chi connectivity index (χ4n) is 3.67. The molecular formula is C21H21N5O. The maximum Gasteiger partial charge on any atom is 0.138 e. The summed E-state index contributed by atoms with van der Waals surface area (Å²) in [6.07, 6.45) is 5.87. The van der Waals surface area contributed by atoms with Crippen LogP contribution in [0.3, 0.4) is 0 Å². The first-order chi connectivity index (χ1) is 13.3. The van der Waals surface area contributed by atoms with Crippen molar-refractivity contribution in [2.45, 2.75) is 0 Å². The van der Waals surface area contributed by atoms with Gasteiger partial charge in [-0.05, 0) is 17.7 Å². The van der Waals surface area contributed by atoms with Gasteiger partial charge in [0.2, 0.25) is 0 Å². The second-order valence-electron chi connectivity index (χ2n) is 6.80. The highest BCUT2D eigenvalue weighted by atomic mass is 16.5. The van der Waals surface area contributed by atoms with E-state index in [2.05, 4.69) is 61.8 Å². The Labute approximate surface area is 157 Å². The minimum Gasteiger partial charge on any atom is -0.378 e. The number of nitrogens with zero attached hydrogens (tertiary/aromatic N) is 5. The van der Waals surface area contributed by atoms with Crippen molar-refractivity contribution in [1.29, 1.82) is 0 Å². The molecule has 0 radical (unpaired) electrons. The van der Waals surface area contributed by atoms with Crippen molar-refractivity contribution in [3.05, 3.63) is 61.1 Å². The molecule has 1 saturated heterocycles. The van der Waals surface area contributed by atoms with E-state index in [1.807, 2.05) is 30.3 Å². The van der Waals surface area contributed by atoms with Gasteiger partial charge in [0.05, 0.1) is 31.3 Å². The third-order valence-electron chi connectivity index (χ3n) is 5.06. The average Bonchev–Trinajstić information content (AvgIpc) is 3.35. The zero-order valence-electron chi connectivity index (χ0n) is 15.2. The summed E-state index contributed by atoms with van der Waals surface area (Å²) in [5.41, 5.74) is 5.50. The molecule has 0 spiro atoms. The summed E-state index contributed by atoms with van der Waals surface area (Å²) in [7, 11) is 1.93. The lowest BCUT2D eigenvalue weighted by Crippen LogP contribution is -2.37. The third kappa shape index (κ3) is 2.88. The van der Waals surface area contributed by atoms with Crippen LogP contribution < -0.4 is 4.90 Å². The van der Waals surface area contributed by atoms with Crippen LogP contribution >= 0.6 is 0 Å². The van der Waals surface area contributed by atoms with Crippen LogP contribution in [0.2, 0.25) is 0 Å². The number of hydrogen-bond acceptors (Lipinski definition) is 4. The van der Waals surface area contributed by atoms with Gasteiger partial charge in [0.15, 0.2) is 0 Å². The zero-order valence-corrected chi connectivity index (χ0v) is 15.2. The smallest absolute Gasteiger partial charge is 0.138 e. The normalized spacial score (nSPS) is 14.8. The first kappa shape index (κ1) is 16.1. The van der Waals surface area contributed by atoms with E-state index in [4.69, 9.17) is 4.74 Å². The molecule has 136 valence electrons. The van der Waals surface area contributed by atoms with Gasteiger partial charge < -0.3 is 9.64 Å². The molecule has 3 aromatic heterocycles. The topological polar surface area (TPSA) is 47.6 Å². The molecule has 27 heavy (non-hydrogen) atoms. The Balaban J connectivity index is 1.56. The molecule has 6 nitrogen and oxygen atoms in total. The Morgan fingerprint density at radius 2 is 1.67 bits per heavy atom. The first-order valence-corrected chi connectivity index (χ1v) is 9.18. The lowest BCUT2D eigenvalue weighted by atomic mass is 10.1. The van der Waals surface area contributed by atoms with Crippen molar-refractivity contribution in [3.8, 4) is 22.4 Å². The molecule has 6 heteroatoms. The van der Waals surface area contributed by atoms with Crippen molar-refractivity contribution in [1.82, 2.24) is 19.2 Å². The van der Waals surface area contributed by atoms with E-state index in [1.54, 1.807) is 0 Å². The highest BCUT2D eigenvalue weighted by Gasteiger charge is 2.17. The number of aryl methyl sites for hydroxylation is 1. The van der Waals surface area contributed by atoms with Crippen LogP contribution in [0.4, 0.5) is 5.82 Å². The number of imidazole rings is 1. The molecule has 0 saturated carbocycles. The molecule has 0 N–H and O–H groups in total. The monoisotopic (exact) mass is 359 g/mol. The van der Waals surface area contributed by atoms with E-state index in [0.29, 0.717) is 0 Å². The molecule has 0 bridgehead atoms. The van der Waals surface area contributed by atoms with E-state index < -0.39 is 0 Å². The average molecular weight is 359 g/mol. The van der Waals surface area contributed by atoms with E-state index in [1.165, 1.54) is 5.82 Å². The van der Waals surface area contributed by atoms with Crippen molar-refractivity contribution in [2.75, 3.05) is 31.2 Å². The molecule has 1 aromatic carbocycles. The molecule has 0 atom stereocenters. The molecule has 1 fully saturated rings. The molecule has 0 aliphatic carbocycles. The summed E-state index contributed by atoms with van der Waals surface area (Å²) in [6.45, 7) is 3.33. The second kappa shape index (κ2) is 6.55. The van der Waals surface area contributed by atoms with Gasteiger partial charge in [-0.1, -0.05) is 30.3 Å². The maximum atomic E-state index is 5.51. The predicted molar refractivity (Wildman–Crippen MR) is 106 cm³/mol. The van der Waals surface area contributed by atoms with E-state index in [9.17, 15) is 0 Å². The van der Waals surface area contributed by atoms with Crippen LogP contribution in [0.15, 0.2) is 61.1 Å². The van der Waals surface area contributed by atoms with Crippen molar-refractivity contribution >= 4 is 11.5 Å². The fourth-order valence-corrected chi connectivity index (χ4v) is 3.67. The molecule has 0 amide bonds. The Bertz CT molecular complexity index is 1070. The summed E-state index contributed by atoms with van der Waals surface area (Å²) < 4.78 is 9.58. The Morgan fingerprint density at radius 1 is 0.889 bits per heavy atom. The lowest BCUT2D eigenvalue weighted by Gasteiger charge is -2.29. The van der Waals surface area contributed by atoms with Crippen LogP contribution in [0.5, 0.6) is 0 Å². The van der Waals surface area contributed by atoms with Crippen molar-refractivity contribution in [2.24, 2.45) is 7.05 Å². The summed E-state index contributed by atoms with van der Waals surface area (Å²) in [5, 5.41) is 4.26. The number of rotatable bonds is 3. The van der Waals surface area contributed by atoms with E-state index >= 15 is 0 Å². The van der Waals surface area contributed by atoms with Crippen LogP contribution in [0.25, 0.3) is 28.0 Å². The molecule has 4 heterocycles. The summed E-state index contributed by atoms with van der Waals surface area (Å²) in [5.74, 6) is 1.17. The van der Waals surface area contributed by atoms with Gasteiger partial charge in [-0.3, -0.25) is 9.08 Å². The second-order valence-corrected chi connectivity index (χ2v) is 6.80.